The van der Waals surface area contributed by atoms with E-state index in [0.29, 0.717) is 0 Å². The lowest BCUT2D eigenvalue weighted by Crippen LogP contribution is -2.64. The molecule has 94 valence electrons. The second-order valence-corrected chi connectivity index (χ2v) is 4.46. The Morgan fingerprint density at radius 2 is 2.00 bits per heavy atom. The van der Waals surface area contributed by atoms with Gasteiger partial charge in [-0.05, 0) is 0 Å². The number of aliphatic hydroxyl groups is 2. The molecule has 3 atom stereocenters. The molecule has 2 fully saturated rings. The standard InChI is InChI=1S/C10H22N4O2/c15-7-8-5-12-3-4-14(8)10(16)9-6-11-1-2-13-9/h8-13,15-16H,1-7H2. The van der Waals surface area contributed by atoms with Crippen molar-refractivity contribution in [2.24, 2.45) is 0 Å². The lowest BCUT2D eigenvalue weighted by Gasteiger charge is -2.42. The van der Waals surface area contributed by atoms with Gasteiger partial charge in [-0.1, -0.05) is 0 Å². The summed E-state index contributed by atoms with van der Waals surface area (Å²) in [5.74, 6) is 0. The van der Waals surface area contributed by atoms with Gasteiger partial charge in [-0.3, -0.25) is 4.90 Å². The highest BCUT2D eigenvalue weighted by Gasteiger charge is 2.32. The molecule has 0 spiro atoms. The molecule has 2 rings (SSSR count). The number of hydrogen-bond acceptors (Lipinski definition) is 6. The van der Waals surface area contributed by atoms with Crippen LogP contribution in [0.3, 0.4) is 0 Å². The first-order valence-electron chi connectivity index (χ1n) is 6.02. The maximum absolute atomic E-state index is 10.3. The molecule has 16 heavy (non-hydrogen) atoms. The Bertz CT molecular complexity index is 211. The van der Waals surface area contributed by atoms with Gasteiger partial charge >= 0.3 is 0 Å². The number of hydrogen-bond donors (Lipinski definition) is 5. The van der Waals surface area contributed by atoms with E-state index in [9.17, 15) is 10.2 Å². The third-order valence-electron chi connectivity index (χ3n) is 3.38. The number of rotatable bonds is 3. The molecule has 0 aromatic rings. The Hall–Kier alpha value is -0.240. The van der Waals surface area contributed by atoms with Crippen molar-refractivity contribution in [3.05, 3.63) is 0 Å². The predicted molar refractivity (Wildman–Crippen MR) is 61.1 cm³/mol. The molecule has 0 bridgehead atoms. The first-order valence-corrected chi connectivity index (χ1v) is 6.02. The fraction of sp³-hybridized carbons (Fsp3) is 1.00. The van der Waals surface area contributed by atoms with E-state index in [1.165, 1.54) is 0 Å². The maximum atomic E-state index is 10.3. The molecule has 6 heteroatoms. The first-order chi connectivity index (χ1) is 7.83. The molecule has 2 aliphatic rings. The van der Waals surface area contributed by atoms with Crippen molar-refractivity contribution >= 4 is 0 Å². The molecular weight excluding hydrogens is 208 g/mol. The Morgan fingerprint density at radius 3 is 2.69 bits per heavy atom. The van der Waals surface area contributed by atoms with Gasteiger partial charge in [0.05, 0.1) is 12.6 Å². The highest BCUT2D eigenvalue weighted by Crippen LogP contribution is 2.10. The lowest BCUT2D eigenvalue weighted by molar-refractivity contribution is -0.0703. The van der Waals surface area contributed by atoms with Crippen LogP contribution in [0.15, 0.2) is 0 Å². The van der Waals surface area contributed by atoms with Crippen LogP contribution in [0.5, 0.6) is 0 Å². The molecule has 0 aromatic heterocycles. The molecule has 0 amide bonds. The van der Waals surface area contributed by atoms with Crippen molar-refractivity contribution in [1.29, 1.82) is 0 Å². The fourth-order valence-corrected chi connectivity index (χ4v) is 2.41. The molecule has 0 aliphatic carbocycles. The summed E-state index contributed by atoms with van der Waals surface area (Å²) in [6, 6.07) is 0.0772. The molecule has 0 saturated carbocycles. The van der Waals surface area contributed by atoms with Crippen LogP contribution < -0.4 is 16.0 Å². The topological polar surface area (TPSA) is 79.8 Å². The Kier molecular flexibility index (Phi) is 4.51. The molecular formula is C10H22N4O2. The second-order valence-electron chi connectivity index (χ2n) is 4.46. The summed E-state index contributed by atoms with van der Waals surface area (Å²) in [4.78, 5) is 1.99. The van der Waals surface area contributed by atoms with E-state index in [0.717, 1.165) is 39.3 Å². The van der Waals surface area contributed by atoms with Crippen LogP contribution in [0.2, 0.25) is 0 Å². The Labute approximate surface area is 96.0 Å². The van der Waals surface area contributed by atoms with Gasteiger partial charge in [0, 0.05) is 45.3 Å². The molecule has 0 aromatic carbocycles. The summed E-state index contributed by atoms with van der Waals surface area (Å²) in [6.07, 6.45) is -0.521. The Balaban J connectivity index is 1.92. The van der Waals surface area contributed by atoms with Crippen molar-refractivity contribution in [1.82, 2.24) is 20.9 Å². The average molecular weight is 230 g/mol. The summed E-state index contributed by atoms with van der Waals surface area (Å²) in [7, 11) is 0. The summed E-state index contributed by atoms with van der Waals surface area (Å²) in [5.41, 5.74) is 0. The van der Waals surface area contributed by atoms with Crippen molar-refractivity contribution in [3.63, 3.8) is 0 Å². The van der Waals surface area contributed by atoms with E-state index in [1.807, 2.05) is 4.90 Å². The SMILES string of the molecule is OCC1CNCCN1C(O)C1CNCCN1. The second kappa shape index (κ2) is 5.90. The number of aliphatic hydroxyl groups excluding tert-OH is 2. The molecule has 3 unspecified atom stereocenters. The van der Waals surface area contributed by atoms with Crippen molar-refractivity contribution in [3.8, 4) is 0 Å². The summed E-state index contributed by atoms with van der Waals surface area (Å²) in [6.45, 7) is 5.10. The summed E-state index contributed by atoms with van der Waals surface area (Å²) in [5, 5.41) is 29.4. The van der Waals surface area contributed by atoms with Crippen LogP contribution in [-0.2, 0) is 0 Å². The van der Waals surface area contributed by atoms with Gasteiger partial charge in [-0.15, -0.1) is 0 Å². The molecule has 0 radical (unpaired) electrons. The summed E-state index contributed by atoms with van der Waals surface area (Å²) >= 11 is 0. The Morgan fingerprint density at radius 1 is 1.19 bits per heavy atom. The van der Waals surface area contributed by atoms with Gasteiger partial charge in [0.25, 0.3) is 0 Å². The number of piperazine rings is 2. The monoisotopic (exact) mass is 230 g/mol. The van der Waals surface area contributed by atoms with Gasteiger partial charge in [-0.2, -0.15) is 0 Å². The zero-order valence-electron chi connectivity index (χ0n) is 9.52. The lowest BCUT2D eigenvalue weighted by atomic mass is 10.1. The van der Waals surface area contributed by atoms with Crippen LogP contribution in [0.1, 0.15) is 0 Å². The van der Waals surface area contributed by atoms with Gasteiger partial charge in [0.15, 0.2) is 0 Å². The zero-order valence-corrected chi connectivity index (χ0v) is 9.52. The number of nitrogens with one attached hydrogen (secondary N) is 3. The van der Waals surface area contributed by atoms with Gasteiger partial charge < -0.3 is 26.2 Å². The zero-order chi connectivity index (χ0) is 11.4. The van der Waals surface area contributed by atoms with E-state index in [-0.39, 0.29) is 18.7 Å². The molecule has 6 nitrogen and oxygen atoms in total. The van der Waals surface area contributed by atoms with Crippen LogP contribution in [0.4, 0.5) is 0 Å². The van der Waals surface area contributed by atoms with Gasteiger partial charge in [0.2, 0.25) is 0 Å². The van der Waals surface area contributed by atoms with Gasteiger partial charge in [0.1, 0.15) is 6.23 Å². The van der Waals surface area contributed by atoms with Crippen molar-refractivity contribution in [2.75, 3.05) is 45.9 Å². The molecule has 2 saturated heterocycles. The highest BCUT2D eigenvalue weighted by atomic mass is 16.3. The average Bonchev–Trinajstić information content (AvgIpc) is 2.39. The normalized spacial score (nSPS) is 34.9. The third kappa shape index (κ3) is 2.71. The van der Waals surface area contributed by atoms with E-state index < -0.39 is 6.23 Å². The molecule has 5 N–H and O–H groups in total. The van der Waals surface area contributed by atoms with Crippen molar-refractivity contribution in [2.45, 2.75) is 18.3 Å². The molecule has 2 aliphatic heterocycles. The predicted octanol–water partition coefficient (Wildman–Crippen LogP) is -2.87. The summed E-state index contributed by atoms with van der Waals surface area (Å²) < 4.78 is 0. The smallest absolute Gasteiger partial charge is 0.124 e. The highest BCUT2D eigenvalue weighted by molar-refractivity contribution is 4.88. The van der Waals surface area contributed by atoms with Crippen LogP contribution >= 0.6 is 0 Å². The van der Waals surface area contributed by atoms with E-state index in [1.54, 1.807) is 0 Å². The minimum atomic E-state index is -0.521. The largest absolute Gasteiger partial charge is 0.395 e. The van der Waals surface area contributed by atoms with E-state index >= 15 is 0 Å². The minimum Gasteiger partial charge on any atom is -0.395 e. The third-order valence-corrected chi connectivity index (χ3v) is 3.38. The van der Waals surface area contributed by atoms with Crippen LogP contribution in [-0.4, -0.2) is 79.3 Å². The first kappa shape index (κ1) is 12.2. The van der Waals surface area contributed by atoms with Gasteiger partial charge in [-0.25, -0.2) is 0 Å². The van der Waals surface area contributed by atoms with E-state index in [2.05, 4.69) is 16.0 Å². The minimum absolute atomic E-state index is 0.0208. The van der Waals surface area contributed by atoms with Crippen LogP contribution in [0, 0.1) is 0 Å². The quantitative estimate of drug-likeness (QED) is 0.359. The number of nitrogens with zero attached hydrogens (tertiary/aromatic N) is 1. The maximum Gasteiger partial charge on any atom is 0.124 e. The van der Waals surface area contributed by atoms with Crippen LogP contribution in [0.25, 0.3) is 0 Å². The fourth-order valence-electron chi connectivity index (χ4n) is 2.41. The van der Waals surface area contributed by atoms with Crippen molar-refractivity contribution < 1.29 is 10.2 Å². The molecule has 2 heterocycles. The van der Waals surface area contributed by atoms with E-state index in [4.69, 9.17) is 0 Å².